The second-order valence-corrected chi connectivity index (χ2v) is 6.77. The molecular weight excluding hydrogens is 355 g/mol. The van der Waals surface area contributed by atoms with Crippen LogP contribution in [0, 0.1) is 0 Å². The molecule has 0 spiro atoms. The quantitative estimate of drug-likeness (QED) is 0.856. The Bertz CT molecular complexity index is 752. The largest absolute Gasteiger partial charge is 0.433 e. The van der Waals surface area contributed by atoms with E-state index >= 15 is 0 Å². The molecule has 1 aromatic carbocycles. The molecule has 4 nitrogen and oxygen atoms in total. The van der Waals surface area contributed by atoms with Crippen LogP contribution in [-0.4, -0.2) is 28.9 Å². The number of nitrogens with zero attached hydrogens (tertiary/aromatic N) is 2. The maximum atomic E-state index is 12.5. The van der Waals surface area contributed by atoms with Crippen molar-refractivity contribution in [3.05, 3.63) is 65.0 Å². The van der Waals surface area contributed by atoms with E-state index < -0.39 is 17.8 Å². The number of nitrogens with one attached hydrogen (secondary N) is 1. The number of pyridine rings is 1. The van der Waals surface area contributed by atoms with E-state index in [0.717, 1.165) is 43.5 Å². The number of aromatic nitrogens is 1. The maximum Gasteiger partial charge on any atom is 0.433 e. The first-order valence-electron chi connectivity index (χ1n) is 9.03. The van der Waals surface area contributed by atoms with Gasteiger partial charge in [-0.05, 0) is 49.2 Å². The molecule has 7 heteroatoms. The van der Waals surface area contributed by atoms with E-state index in [1.54, 1.807) is 0 Å². The number of amides is 1. The van der Waals surface area contributed by atoms with Crippen LogP contribution in [0.15, 0.2) is 42.6 Å². The number of halogens is 3. The third kappa shape index (κ3) is 5.53. The molecule has 1 fully saturated rings. The number of alkyl halides is 3. The average Bonchev–Trinajstić information content (AvgIpc) is 2.67. The average molecular weight is 377 g/mol. The summed E-state index contributed by atoms with van der Waals surface area (Å²) in [6, 6.07) is 9.97. The van der Waals surface area contributed by atoms with Gasteiger partial charge in [0.05, 0.1) is 5.56 Å². The van der Waals surface area contributed by atoms with Crippen molar-refractivity contribution in [2.45, 2.75) is 38.5 Å². The Morgan fingerprint density at radius 3 is 2.26 bits per heavy atom. The lowest BCUT2D eigenvalue weighted by molar-refractivity contribution is -0.141. The van der Waals surface area contributed by atoms with E-state index in [9.17, 15) is 18.0 Å². The summed E-state index contributed by atoms with van der Waals surface area (Å²) in [4.78, 5) is 17.8. The molecule has 0 bridgehead atoms. The topological polar surface area (TPSA) is 45.2 Å². The molecule has 0 unspecified atom stereocenters. The number of piperidine rings is 1. The lowest BCUT2D eigenvalue weighted by Gasteiger charge is -2.26. The Labute approximate surface area is 156 Å². The van der Waals surface area contributed by atoms with Crippen LogP contribution in [-0.2, 0) is 19.3 Å². The van der Waals surface area contributed by atoms with Crippen LogP contribution in [0.3, 0.4) is 0 Å². The zero-order valence-electron chi connectivity index (χ0n) is 14.9. The van der Waals surface area contributed by atoms with Crippen molar-refractivity contribution in [3.63, 3.8) is 0 Å². The standard InChI is InChI=1S/C20H22F3N3O/c21-20(22,23)18-9-8-17(13-24-18)19(27)25-12-15-4-6-16(7-5-15)14-26-10-2-1-3-11-26/h4-9,13H,1-3,10-12,14H2,(H,25,27). The van der Waals surface area contributed by atoms with Crippen molar-refractivity contribution in [3.8, 4) is 0 Å². The highest BCUT2D eigenvalue weighted by Gasteiger charge is 2.32. The Morgan fingerprint density at radius 1 is 1.00 bits per heavy atom. The molecule has 0 saturated carbocycles. The molecule has 1 aliphatic rings. The summed E-state index contributed by atoms with van der Waals surface area (Å²) in [5, 5.41) is 2.70. The first-order valence-corrected chi connectivity index (χ1v) is 9.03. The van der Waals surface area contributed by atoms with Crippen LogP contribution in [0.5, 0.6) is 0 Å². The van der Waals surface area contributed by atoms with Crippen LogP contribution < -0.4 is 5.32 Å². The molecule has 0 radical (unpaired) electrons. The van der Waals surface area contributed by atoms with Gasteiger partial charge in [0, 0.05) is 19.3 Å². The first kappa shape index (κ1) is 19.4. The van der Waals surface area contributed by atoms with Gasteiger partial charge in [-0.25, -0.2) is 0 Å². The molecule has 0 atom stereocenters. The van der Waals surface area contributed by atoms with E-state index in [1.165, 1.54) is 24.8 Å². The second kappa shape index (κ2) is 8.52. The molecule has 144 valence electrons. The van der Waals surface area contributed by atoms with Crippen LogP contribution in [0.25, 0.3) is 0 Å². The fraction of sp³-hybridized carbons (Fsp3) is 0.400. The van der Waals surface area contributed by atoms with Gasteiger partial charge in [-0.15, -0.1) is 0 Å². The summed E-state index contributed by atoms with van der Waals surface area (Å²) in [5.41, 5.74) is 1.26. The van der Waals surface area contributed by atoms with Gasteiger partial charge < -0.3 is 5.32 Å². The number of benzene rings is 1. The molecule has 27 heavy (non-hydrogen) atoms. The van der Waals surface area contributed by atoms with Gasteiger partial charge in [0.1, 0.15) is 5.69 Å². The number of rotatable bonds is 5. The fourth-order valence-electron chi connectivity index (χ4n) is 3.12. The third-order valence-electron chi connectivity index (χ3n) is 4.65. The Hall–Kier alpha value is -2.41. The number of likely N-dealkylation sites (tertiary alicyclic amines) is 1. The first-order chi connectivity index (χ1) is 12.9. The minimum atomic E-state index is -4.51. The molecule has 1 aromatic heterocycles. The molecule has 2 heterocycles. The molecule has 3 rings (SSSR count). The summed E-state index contributed by atoms with van der Waals surface area (Å²) < 4.78 is 37.5. The van der Waals surface area contributed by atoms with Gasteiger partial charge in [-0.2, -0.15) is 13.2 Å². The Kier molecular flexibility index (Phi) is 6.11. The fourth-order valence-corrected chi connectivity index (χ4v) is 3.12. The van der Waals surface area contributed by atoms with E-state index in [2.05, 4.69) is 27.3 Å². The summed E-state index contributed by atoms with van der Waals surface area (Å²) in [5.74, 6) is -0.450. The lowest BCUT2D eigenvalue weighted by atomic mass is 10.1. The minimum Gasteiger partial charge on any atom is -0.348 e. The highest BCUT2D eigenvalue weighted by Crippen LogP contribution is 2.27. The molecule has 1 amide bonds. The number of carbonyl (C=O) groups excluding carboxylic acids is 1. The van der Waals surface area contributed by atoms with Gasteiger partial charge in [-0.3, -0.25) is 14.7 Å². The smallest absolute Gasteiger partial charge is 0.348 e. The summed E-state index contributed by atoms with van der Waals surface area (Å²) in [6.45, 7) is 3.52. The van der Waals surface area contributed by atoms with Crippen LogP contribution >= 0.6 is 0 Å². The van der Waals surface area contributed by atoms with Crippen molar-refractivity contribution in [2.24, 2.45) is 0 Å². The van der Waals surface area contributed by atoms with Crippen molar-refractivity contribution in [1.29, 1.82) is 0 Å². The van der Waals surface area contributed by atoms with Crippen molar-refractivity contribution in [1.82, 2.24) is 15.2 Å². The third-order valence-corrected chi connectivity index (χ3v) is 4.65. The van der Waals surface area contributed by atoms with E-state index in [0.29, 0.717) is 6.54 Å². The van der Waals surface area contributed by atoms with E-state index in [-0.39, 0.29) is 5.56 Å². The molecule has 1 N–H and O–H groups in total. The molecular formula is C20H22F3N3O. The number of carbonyl (C=O) groups is 1. The highest BCUT2D eigenvalue weighted by molar-refractivity contribution is 5.93. The number of hydrogen-bond acceptors (Lipinski definition) is 3. The van der Waals surface area contributed by atoms with Crippen molar-refractivity contribution in [2.75, 3.05) is 13.1 Å². The second-order valence-electron chi connectivity index (χ2n) is 6.77. The Balaban J connectivity index is 1.51. The minimum absolute atomic E-state index is 0.102. The normalized spacial score (nSPS) is 15.5. The van der Waals surface area contributed by atoms with Gasteiger partial charge >= 0.3 is 6.18 Å². The molecule has 1 saturated heterocycles. The molecule has 1 aliphatic heterocycles. The lowest BCUT2D eigenvalue weighted by Crippen LogP contribution is -2.29. The van der Waals surface area contributed by atoms with Crippen LogP contribution in [0.4, 0.5) is 13.2 Å². The highest BCUT2D eigenvalue weighted by atomic mass is 19.4. The summed E-state index contributed by atoms with van der Waals surface area (Å²) in [6.07, 6.45) is 0.250. The van der Waals surface area contributed by atoms with Gasteiger partial charge in [0.15, 0.2) is 0 Å². The van der Waals surface area contributed by atoms with Crippen LogP contribution in [0.2, 0.25) is 0 Å². The van der Waals surface area contributed by atoms with Crippen molar-refractivity contribution < 1.29 is 18.0 Å². The summed E-state index contributed by atoms with van der Waals surface area (Å²) in [7, 11) is 0. The zero-order valence-corrected chi connectivity index (χ0v) is 14.9. The zero-order chi connectivity index (χ0) is 19.3. The Morgan fingerprint density at radius 2 is 1.67 bits per heavy atom. The molecule has 2 aromatic rings. The predicted octanol–water partition coefficient (Wildman–Crippen LogP) is 4.02. The monoisotopic (exact) mass is 377 g/mol. The molecule has 0 aliphatic carbocycles. The summed E-state index contributed by atoms with van der Waals surface area (Å²) >= 11 is 0. The van der Waals surface area contributed by atoms with Crippen molar-refractivity contribution >= 4 is 5.91 Å². The number of hydrogen-bond donors (Lipinski definition) is 1. The van der Waals surface area contributed by atoms with E-state index in [4.69, 9.17) is 0 Å². The van der Waals surface area contributed by atoms with Gasteiger partial charge in [0.25, 0.3) is 5.91 Å². The SMILES string of the molecule is O=C(NCc1ccc(CN2CCCCC2)cc1)c1ccc(C(F)(F)F)nc1. The maximum absolute atomic E-state index is 12.5. The van der Waals surface area contributed by atoms with E-state index in [1.807, 2.05) is 12.1 Å². The van der Waals surface area contributed by atoms with Crippen LogP contribution in [0.1, 0.15) is 46.4 Å². The van der Waals surface area contributed by atoms with Gasteiger partial charge in [0.2, 0.25) is 0 Å². The predicted molar refractivity (Wildman–Crippen MR) is 96.0 cm³/mol. The van der Waals surface area contributed by atoms with Gasteiger partial charge in [-0.1, -0.05) is 30.7 Å².